The second-order valence-electron chi connectivity index (χ2n) is 7.18. The fourth-order valence-corrected chi connectivity index (χ4v) is 4.33. The number of nitrogens with zero attached hydrogens (tertiary/aromatic N) is 2. The Labute approximate surface area is 180 Å². The first kappa shape index (κ1) is 22.1. The van der Waals surface area contributed by atoms with Crippen LogP contribution in [-0.2, 0) is 11.3 Å². The van der Waals surface area contributed by atoms with Crippen LogP contribution >= 0.6 is 11.3 Å². The number of nitrogens with two attached hydrogens (primary N) is 1. The van der Waals surface area contributed by atoms with E-state index in [9.17, 15) is 9.59 Å². The van der Waals surface area contributed by atoms with Crippen LogP contribution in [-0.4, -0.2) is 68.1 Å². The second-order valence-corrected chi connectivity index (χ2v) is 8.10. The van der Waals surface area contributed by atoms with Gasteiger partial charge in [0.2, 0.25) is 5.91 Å². The van der Waals surface area contributed by atoms with E-state index in [1.54, 1.807) is 25.7 Å². The van der Waals surface area contributed by atoms with Crippen LogP contribution < -0.4 is 20.5 Å². The highest BCUT2D eigenvalue weighted by Gasteiger charge is 2.27. The van der Waals surface area contributed by atoms with Crippen LogP contribution in [0.1, 0.15) is 22.8 Å². The minimum Gasteiger partial charge on any atom is -0.497 e. The predicted octanol–water partition coefficient (Wildman–Crippen LogP) is 2.01. The van der Waals surface area contributed by atoms with E-state index >= 15 is 0 Å². The quantitative estimate of drug-likeness (QED) is 0.662. The van der Waals surface area contributed by atoms with Crippen LogP contribution in [0, 0.1) is 0 Å². The standard InChI is InChI=1S/C21H28N4O4S/c1-14(20(27)23-21-17(19(22)26)6-11-30-21)25-9-7-24(8-10-25)13-15-12-16(28-2)4-5-18(15)29-3/h4-6,11-12,14H,7-10,13H2,1-3H3,(H2,22,26)(H,23,27). The molecule has 1 aliphatic rings. The van der Waals surface area contributed by atoms with Gasteiger partial charge in [-0.2, -0.15) is 0 Å². The van der Waals surface area contributed by atoms with Crippen LogP contribution in [0.15, 0.2) is 29.6 Å². The predicted molar refractivity (Wildman–Crippen MR) is 117 cm³/mol. The van der Waals surface area contributed by atoms with Gasteiger partial charge in [0.1, 0.15) is 16.5 Å². The first-order valence-corrected chi connectivity index (χ1v) is 10.7. The zero-order chi connectivity index (χ0) is 21.7. The average molecular weight is 433 g/mol. The number of nitrogens with one attached hydrogen (secondary N) is 1. The SMILES string of the molecule is COc1ccc(OC)c(CN2CCN(C(C)C(=O)Nc3sccc3C(N)=O)CC2)c1. The highest BCUT2D eigenvalue weighted by molar-refractivity contribution is 7.14. The molecule has 2 amide bonds. The van der Waals surface area contributed by atoms with Gasteiger partial charge < -0.3 is 20.5 Å². The normalized spacial score (nSPS) is 16.1. The minimum atomic E-state index is -0.541. The third kappa shape index (κ3) is 5.10. The van der Waals surface area contributed by atoms with E-state index in [1.807, 2.05) is 25.1 Å². The van der Waals surface area contributed by atoms with Crippen molar-refractivity contribution in [3.8, 4) is 11.5 Å². The van der Waals surface area contributed by atoms with Crippen molar-refractivity contribution in [1.82, 2.24) is 9.80 Å². The highest BCUT2D eigenvalue weighted by Crippen LogP contribution is 2.26. The molecule has 1 aliphatic heterocycles. The molecule has 0 radical (unpaired) electrons. The highest BCUT2D eigenvalue weighted by atomic mass is 32.1. The number of thiophene rings is 1. The Hall–Kier alpha value is -2.62. The second kappa shape index (κ2) is 9.92. The van der Waals surface area contributed by atoms with Gasteiger partial charge in [-0.05, 0) is 36.6 Å². The van der Waals surface area contributed by atoms with E-state index in [2.05, 4.69) is 15.1 Å². The van der Waals surface area contributed by atoms with Crippen molar-refractivity contribution < 1.29 is 19.1 Å². The Bertz CT molecular complexity index is 893. The van der Waals surface area contributed by atoms with Crippen LogP contribution in [0.2, 0.25) is 0 Å². The Morgan fingerprint density at radius 1 is 1.17 bits per heavy atom. The molecule has 1 atom stereocenters. The number of piperazine rings is 1. The van der Waals surface area contributed by atoms with E-state index in [0.717, 1.165) is 49.8 Å². The number of hydrogen-bond acceptors (Lipinski definition) is 7. The summed E-state index contributed by atoms with van der Waals surface area (Å²) in [5.74, 6) is 0.967. The van der Waals surface area contributed by atoms with Crippen molar-refractivity contribution in [3.63, 3.8) is 0 Å². The summed E-state index contributed by atoms with van der Waals surface area (Å²) in [4.78, 5) is 28.6. The molecule has 162 valence electrons. The molecule has 2 heterocycles. The molecule has 0 bridgehead atoms. The molecular formula is C21H28N4O4S. The third-order valence-electron chi connectivity index (χ3n) is 5.38. The zero-order valence-electron chi connectivity index (χ0n) is 17.5. The lowest BCUT2D eigenvalue weighted by Crippen LogP contribution is -2.52. The molecule has 30 heavy (non-hydrogen) atoms. The summed E-state index contributed by atoms with van der Waals surface area (Å²) in [6, 6.07) is 7.12. The largest absolute Gasteiger partial charge is 0.497 e. The molecule has 1 aromatic heterocycles. The summed E-state index contributed by atoms with van der Waals surface area (Å²) < 4.78 is 10.8. The van der Waals surface area contributed by atoms with E-state index < -0.39 is 5.91 Å². The molecule has 1 fully saturated rings. The number of ether oxygens (including phenoxy) is 2. The summed E-state index contributed by atoms with van der Waals surface area (Å²) in [6.07, 6.45) is 0. The molecule has 0 spiro atoms. The Morgan fingerprint density at radius 3 is 2.53 bits per heavy atom. The van der Waals surface area contributed by atoms with Crippen LogP contribution in [0.3, 0.4) is 0 Å². The van der Waals surface area contributed by atoms with Gasteiger partial charge in [-0.1, -0.05) is 0 Å². The Morgan fingerprint density at radius 2 is 1.90 bits per heavy atom. The van der Waals surface area contributed by atoms with Gasteiger partial charge in [-0.3, -0.25) is 19.4 Å². The van der Waals surface area contributed by atoms with Gasteiger partial charge in [-0.15, -0.1) is 11.3 Å². The van der Waals surface area contributed by atoms with Crippen molar-refractivity contribution >= 4 is 28.2 Å². The minimum absolute atomic E-state index is 0.136. The maximum absolute atomic E-state index is 12.7. The lowest BCUT2D eigenvalue weighted by atomic mass is 10.1. The van der Waals surface area contributed by atoms with Crippen LogP contribution in [0.4, 0.5) is 5.00 Å². The lowest BCUT2D eigenvalue weighted by molar-refractivity contribution is -0.121. The fourth-order valence-electron chi connectivity index (χ4n) is 3.54. The summed E-state index contributed by atoms with van der Waals surface area (Å²) in [5.41, 5.74) is 6.78. The van der Waals surface area contributed by atoms with Gasteiger partial charge in [-0.25, -0.2) is 0 Å². The Kier molecular flexibility index (Phi) is 7.30. The van der Waals surface area contributed by atoms with Crippen molar-refractivity contribution in [1.29, 1.82) is 0 Å². The van der Waals surface area contributed by atoms with Gasteiger partial charge in [0.15, 0.2) is 0 Å². The first-order valence-electron chi connectivity index (χ1n) is 9.78. The molecule has 1 unspecified atom stereocenters. The molecular weight excluding hydrogens is 404 g/mol. The van der Waals surface area contributed by atoms with E-state index in [4.69, 9.17) is 15.2 Å². The number of amides is 2. The van der Waals surface area contributed by atoms with Gasteiger partial charge in [0, 0.05) is 38.3 Å². The third-order valence-corrected chi connectivity index (χ3v) is 6.21. The number of benzene rings is 1. The molecule has 0 aliphatic carbocycles. The van der Waals surface area contributed by atoms with Gasteiger partial charge in [0.05, 0.1) is 25.8 Å². The number of hydrogen-bond donors (Lipinski definition) is 2. The summed E-state index contributed by atoms with van der Waals surface area (Å²) in [5, 5.41) is 5.09. The van der Waals surface area contributed by atoms with E-state index in [-0.39, 0.29) is 11.9 Å². The average Bonchev–Trinajstić information content (AvgIpc) is 3.22. The topological polar surface area (TPSA) is 97.1 Å². The van der Waals surface area contributed by atoms with Crippen molar-refractivity contribution in [2.45, 2.75) is 19.5 Å². The van der Waals surface area contributed by atoms with Crippen LogP contribution in [0.25, 0.3) is 0 Å². The van der Waals surface area contributed by atoms with E-state index in [1.165, 1.54) is 11.3 Å². The zero-order valence-corrected chi connectivity index (χ0v) is 18.3. The smallest absolute Gasteiger partial charge is 0.251 e. The van der Waals surface area contributed by atoms with Crippen LogP contribution in [0.5, 0.6) is 11.5 Å². The number of methoxy groups -OCH3 is 2. The summed E-state index contributed by atoms with van der Waals surface area (Å²) in [6.45, 7) is 5.86. The molecule has 1 aromatic carbocycles. The maximum atomic E-state index is 12.7. The van der Waals surface area contributed by atoms with Crippen molar-refractivity contribution in [2.75, 3.05) is 45.7 Å². The molecule has 3 N–H and O–H groups in total. The van der Waals surface area contributed by atoms with Gasteiger partial charge >= 0.3 is 0 Å². The van der Waals surface area contributed by atoms with Crippen molar-refractivity contribution in [3.05, 3.63) is 40.8 Å². The fraction of sp³-hybridized carbons (Fsp3) is 0.429. The van der Waals surface area contributed by atoms with Gasteiger partial charge in [0.25, 0.3) is 5.91 Å². The molecule has 0 saturated carbocycles. The number of primary amides is 1. The molecule has 1 saturated heterocycles. The summed E-state index contributed by atoms with van der Waals surface area (Å²) in [7, 11) is 3.32. The number of carbonyl (C=O) groups is 2. The first-order chi connectivity index (χ1) is 14.4. The van der Waals surface area contributed by atoms with Crippen molar-refractivity contribution in [2.24, 2.45) is 5.73 Å². The maximum Gasteiger partial charge on any atom is 0.251 e. The Balaban J connectivity index is 1.55. The molecule has 3 rings (SSSR count). The molecule has 2 aromatic rings. The number of rotatable bonds is 8. The van der Waals surface area contributed by atoms with E-state index in [0.29, 0.717) is 10.6 Å². The number of anilines is 1. The molecule has 9 heteroatoms. The lowest BCUT2D eigenvalue weighted by Gasteiger charge is -2.37. The monoisotopic (exact) mass is 432 g/mol. The summed E-state index contributed by atoms with van der Waals surface area (Å²) >= 11 is 1.30. The number of carbonyl (C=O) groups excluding carboxylic acids is 2. The molecule has 8 nitrogen and oxygen atoms in total.